The predicted octanol–water partition coefficient (Wildman–Crippen LogP) is 5.24. The van der Waals surface area contributed by atoms with Crippen molar-refractivity contribution in [3.63, 3.8) is 0 Å². The Balaban J connectivity index is 1.59. The van der Waals surface area contributed by atoms with Gasteiger partial charge < -0.3 is 9.64 Å². The fourth-order valence-electron chi connectivity index (χ4n) is 4.11. The van der Waals surface area contributed by atoms with Crippen molar-refractivity contribution in [2.45, 2.75) is 52.2 Å². The van der Waals surface area contributed by atoms with E-state index in [0.29, 0.717) is 23.6 Å². The first-order valence-corrected chi connectivity index (χ1v) is 11.5. The van der Waals surface area contributed by atoms with E-state index in [4.69, 9.17) is 16.3 Å². The molecule has 0 spiro atoms. The van der Waals surface area contributed by atoms with Gasteiger partial charge in [0.25, 0.3) is 5.91 Å². The normalized spacial score (nSPS) is 13.2. The number of amides is 1. The van der Waals surface area contributed by atoms with E-state index in [-0.39, 0.29) is 30.3 Å². The van der Waals surface area contributed by atoms with Gasteiger partial charge in [0, 0.05) is 47.4 Å². The summed E-state index contributed by atoms with van der Waals surface area (Å²) in [6, 6.07) is 9.80. The topological polar surface area (TPSA) is 64.4 Å². The zero-order valence-electron chi connectivity index (χ0n) is 19.7. The number of aryl methyl sites for hydroxylation is 2. The molecule has 0 radical (unpaired) electrons. The Morgan fingerprint density at radius 1 is 1.15 bits per heavy atom. The number of aromatic nitrogens is 2. The average molecular weight is 484 g/mol. The second-order valence-electron chi connectivity index (χ2n) is 9.47. The van der Waals surface area contributed by atoms with Crippen molar-refractivity contribution >= 4 is 29.2 Å². The Kier molecular flexibility index (Phi) is 6.49. The molecular weight excluding hydrogens is 457 g/mol. The molecule has 1 aromatic heterocycles. The fraction of sp³-hybridized carbons (Fsp3) is 0.346. The molecule has 8 heteroatoms. The monoisotopic (exact) mass is 483 g/mol. The molecule has 0 fully saturated rings. The quantitative estimate of drug-likeness (QED) is 0.476. The number of ether oxygens (including phenoxy) is 1. The molecule has 3 aromatic rings. The lowest BCUT2D eigenvalue weighted by atomic mass is 10.0. The Hall–Kier alpha value is -3.19. The zero-order chi connectivity index (χ0) is 24.6. The average Bonchev–Trinajstić information content (AvgIpc) is 3.00. The van der Waals surface area contributed by atoms with Crippen LogP contribution in [0.15, 0.2) is 42.6 Å². The van der Waals surface area contributed by atoms with Gasteiger partial charge in [-0.2, -0.15) is 5.10 Å². The molecule has 4 rings (SSSR count). The maximum absolute atomic E-state index is 14.9. The molecule has 2 aromatic carbocycles. The molecule has 2 heterocycles. The van der Waals surface area contributed by atoms with Gasteiger partial charge in [-0.05, 0) is 68.7 Å². The summed E-state index contributed by atoms with van der Waals surface area (Å²) < 4.78 is 22.0. The van der Waals surface area contributed by atoms with Gasteiger partial charge in [-0.25, -0.2) is 4.39 Å². The van der Waals surface area contributed by atoms with Crippen molar-refractivity contribution in [3.05, 3.63) is 81.4 Å². The summed E-state index contributed by atoms with van der Waals surface area (Å²) in [5, 5.41) is 4.91. The third kappa shape index (κ3) is 5.14. The first-order chi connectivity index (χ1) is 16.0. The van der Waals surface area contributed by atoms with Crippen LogP contribution in [0.5, 0.6) is 0 Å². The number of benzene rings is 2. The van der Waals surface area contributed by atoms with Crippen LogP contribution in [0.4, 0.5) is 10.1 Å². The summed E-state index contributed by atoms with van der Waals surface area (Å²) in [7, 11) is 1.87. The van der Waals surface area contributed by atoms with E-state index in [1.807, 2.05) is 19.2 Å². The highest BCUT2D eigenvalue weighted by Crippen LogP contribution is 2.33. The number of esters is 1. The van der Waals surface area contributed by atoms with Gasteiger partial charge in [0.1, 0.15) is 11.4 Å². The van der Waals surface area contributed by atoms with Crippen LogP contribution in [-0.2, 0) is 36.0 Å². The summed E-state index contributed by atoms with van der Waals surface area (Å²) in [5.74, 6) is -1.24. The molecule has 0 saturated carbocycles. The van der Waals surface area contributed by atoms with Crippen LogP contribution in [0.3, 0.4) is 0 Å². The fourth-order valence-corrected chi connectivity index (χ4v) is 4.31. The van der Waals surface area contributed by atoms with Gasteiger partial charge in [0.15, 0.2) is 0 Å². The van der Waals surface area contributed by atoms with Crippen molar-refractivity contribution in [1.29, 1.82) is 0 Å². The van der Waals surface area contributed by atoms with Gasteiger partial charge in [-0.3, -0.25) is 14.3 Å². The molecule has 6 nitrogen and oxygen atoms in total. The van der Waals surface area contributed by atoms with E-state index >= 15 is 0 Å². The van der Waals surface area contributed by atoms with Crippen LogP contribution < -0.4 is 4.90 Å². The summed E-state index contributed by atoms with van der Waals surface area (Å²) in [4.78, 5) is 27.1. The molecule has 0 saturated heterocycles. The Morgan fingerprint density at radius 3 is 2.62 bits per heavy atom. The van der Waals surface area contributed by atoms with E-state index in [0.717, 1.165) is 22.5 Å². The second-order valence-corrected chi connectivity index (χ2v) is 9.91. The van der Waals surface area contributed by atoms with Crippen LogP contribution in [-0.4, -0.2) is 27.3 Å². The first kappa shape index (κ1) is 24.0. The second kappa shape index (κ2) is 9.22. The van der Waals surface area contributed by atoms with Gasteiger partial charge in [0.05, 0.1) is 12.7 Å². The summed E-state index contributed by atoms with van der Waals surface area (Å²) in [5.41, 5.74) is 3.57. The van der Waals surface area contributed by atoms with E-state index in [1.165, 1.54) is 6.07 Å². The van der Waals surface area contributed by atoms with Crippen molar-refractivity contribution in [2.75, 3.05) is 4.90 Å². The number of nitrogens with zero attached hydrogens (tertiary/aromatic N) is 3. The maximum atomic E-state index is 14.9. The Morgan fingerprint density at radius 2 is 1.91 bits per heavy atom. The Bertz CT molecular complexity index is 1260. The summed E-state index contributed by atoms with van der Waals surface area (Å²) in [6.45, 7) is 5.68. The van der Waals surface area contributed by atoms with E-state index in [9.17, 15) is 14.0 Å². The SMILES string of the molecule is Cn1ncc2c1Cc1cc(Cl)ccc1N(C(=O)c1ccc(CCC(=O)OC(C)(C)C)c(F)c1)C2. The highest BCUT2D eigenvalue weighted by molar-refractivity contribution is 6.30. The predicted molar refractivity (Wildman–Crippen MR) is 129 cm³/mol. The molecule has 34 heavy (non-hydrogen) atoms. The lowest BCUT2D eigenvalue weighted by molar-refractivity contribution is -0.154. The number of halogens is 2. The number of carbonyl (C=O) groups is 2. The van der Waals surface area contributed by atoms with Gasteiger partial charge >= 0.3 is 5.97 Å². The van der Waals surface area contributed by atoms with Crippen LogP contribution in [0.2, 0.25) is 5.02 Å². The molecule has 178 valence electrons. The minimum Gasteiger partial charge on any atom is -0.460 e. The largest absolute Gasteiger partial charge is 0.460 e. The number of carbonyl (C=O) groups excluding carboxylic acids is 2. The van der Waals surface area contributed by atoms with Crippen molar-refractivity contribution in [1.82, 2.24) is 9.78 Å². The van der Waals surface area contributed by atoms with E-state index in [1.54, 1.807) is 54.7 Å². The number of hydrogen-bond acceptors (Lipinski definition) is 4. The highest BCUT2D eigenvalue weighted by Gasteiger charge is 2.27. The van der Waals surface area contributed by atoms with Crippen LogP contribution in [0, 0.1) is 5.82 Å². The molecule has 1 aliphatic heterocycles. The molecule has 0 atom stereocenters. The minimum atomic E-state index is -0.590. The summed E-state index contributed by atoms with van der Waals surface area (Å²) in [6.07, 6.45) is 2.59. The third-order valence-corrected chi connectivity index (χ3v) is 5.97. The maximum Gasteiger partial charge on any atom is 0.306 e. The van der Waals surface area contributed by atoms with E-state index in [2.05, 4.69) is 5.10 Å². The van der Waals surface area contributed by atoms with Gasteiger partial charge in [0.2, 0.25) is 0 Å². The van der Waals surface area contributed by atoms with Crippen LogP contribution in [0.1, 0.15) is 59.9 Å². The first-order valence-electron chi connectivity index (χ1n) is 11.1. The van der Waals surface area contributed by atoms with E-state index < -0.39 is 11.4 Å². The number of fused-ring (bicyclic) bond motifs is 2. The number of hydrogen-bond donors (Lipinski definition) is 0. The molecular formula is C26H27ClFN3O3. The minimum absolute atomic E-state index is 0.0610. The molecule has 1 aliphatic rings. The number of anilines is 1. The summed E-state index contributed by atoms with van der Waals surface area (Å²) >= 11 is 6.23. The molecule has 0 bridgehead atoms. The lowest BCUT2D eigenvalue weighted by Crippen LogP contribution is -2.30. The van der Waals surface area contributed by atoms with Crippen molar-refractivity contribution in [3.8, 4) is 0 Å². The molecule has 0 unspecified atom stereocenters. The standard InChI is InChI=1S/C26H27ClFN3O3/c1-26(2,3)34-24(32)10-7-16-5-6-17(12-21(16)28)25(33)31-15-19-14-29-30(4)23(19)13-18-11-20(27)8-9-22(18)31/h5-6,8-9,11-12,14H,7,10,13,15H2,1-4H3. The highest BCUT2D eigenvalue weighted by atomic mass is 35.5. The van der Waals surface area contributed by atoms with Crippen molar-refractivity contribution < 1.29 is 18.7 Å². The van der Waals surface area contributed by atoms with Gasteiger partial charge in [-0.15, -0.1) is 0 Å². The molecule has 0 N–H and O–H groups in total. The van der Waals surface area contributed by atoms with Crippen LogP contribution >= 0.6 is 11.6 Å². The lowest BCUT2D eigenvalue weighted by Gasteiger charge is -2.23. The molecule has 1 amide bonds. The van der Waals surface area contributed by atoms with Crippen molar-refractivity contribution in [2.24, 2.45) is 7.05 Å². The zero-order valence-corrected chi connectivity index (χ0v) is 20.4. The molecule has 0 aliphatic carbocycles. The smallest absolute Gasteiger partial charge is 0.306 e. The van der Waals surface area contributed by atoms with Crippen LogP contribution in [0.25, 0.3) is 0 Å². The number of rotatable bonds is 4. The Labute approximate surface area is 203 Å². The third-order valence-electron chi connectivity index (χ3n) is 5.73. The van der Waals surface area contributed by atoms with Gasteiger partial charge in [-0.1, -0.05) is 17.7 Å².